The normalized spacial score (nSPS) is 13.4. The maximum absolute atomic E-state index is 12.3. The molecule has 2 aromatic rings. The summed E-state index contributed by atoms with van der Waals surface area (Å²) in [6.07, 6.45) is 5.43. The Morgan fingerprint density at radius 2 is 1.75 bits per heavy atom. The van der Waals surface area contributed by atoms with E-state index in [0.29, 0.717) is 17.6 Å². The highest BCUT2D eigenvalue weighted by atomic mass is 16.1. The van der Waals surface area contributed by atoms with E-state index in [1.165, 1.54) is 0 Å². The smallest absolute Gasteiger partial charge is 0.258 e. The van der Waals surface area contributed by atoms with Crippen LogP contribution >= 0.6 is 0 Å². The van der Waals surface area contributed by atoms with Crippen LogP contribution in [0.15, 0.2) is 36.7 Å². The van der Waals surface area contributed by atoms with Crippen molar-refractivity contribution in [2.24, 2.45) is 0 Å². The lowest BCUT2D eigenvalue weighted by molar-refractivity contribution is 0.102. The second kappa shape index (κ2) is 7.29. The second-order valence-corrected chi connectivity index (χ2v) is 5.89. The predicted octanol–water partition coefficient (Wildman–Crippen LogP) is 3.15. The van der Waals surface area contributed by atoms with Gasteiger partial charge in [-0.05, 0) is 51.0 Å². The number of carbonyl (C=O) groups is 1. The van der Waals surface area contributed by atoms with Gasteiger partial charge in [0, 0.05) is 42.9 Å². The number of anilines is 3. The minimum atomic E-state index is -0.205. The lowest BCUT2D eigenvalue weighted by Crippen LogP contribution is -2.21. The fraction of sp³-hybridized carbons (Fsp3) is 0.389. The molecule has 2 N–H and O–H groups in total. The Labute approximate surface area is 142 Å². The molecule has 1 aliphatic carbocycles. The lowest BCUT2D eigenvalue weighted by Gasteiger charge is -2.21. The van der Waals surface area contributed by atoms with Crippen molar-refractivity contribution in [2.45, 2.75) is 32.7 Å². The Bertz CT molecular complexity index is 676. The minimum Gasteiger partial charge on any atom is -0.372 e. The maximum Gasteiger partial charge on any atom is 0.258 e. The Kier molecular flexibility index (Phi) is 4.93. The van der Waals surface area contributed by atoms with Gasteiger partial charge in [0.25, 0.3) is 5.91 Å². The first-order valence-corrected chi connectivity index (χ1v) is 8.44. The van der Waals surface area contributed by atoms with Gasteiger partial charge >= 0.3 is 0 Å². The molecule has 0 bridgehead atoms. The summed E-state index contributed by atoms with van der Waals surface area (Å²) >= 11 is 0. The van der Waals surface area contributed by atoms with E-state index in [4.69, 9.17) is 0 Å². The largest absolute Gasteiger partial charge is 0.372 e. The second-order valence-electron chi connectivity index (χ2n) is 5.89. The van der Waals surface area contributed by atoms with E-state index in [1.54, 1.807) is 12.4 Å². The summed E-state index contributed by atoms with van der Waals surface area (Å²) in [5.41, 5.74) is 2.36. The zero-order valence-corrected chi connectivity index (χ0v) is 14.1. The summed E-state index contributed by atoms with van der Waals surface area (Å²) in [4.78, 5) is 22.9. The third kappa shape index (κ3) is 4.01. The molecule has 1 aromatic carbocycles. The lowest BCUT2D eigenvalue weighted by atomic mass is 10.2. The molecule has 1 amide bonds. The van der Waals surface area contributed by atoms with Crippen molar-refractivity contribution >= 4 is 23.2 Å². The fourth-order valence-corrected chi connectivity index (χ4v) is 2.48. The quantitative estimate of drug-likeness (QED) is 0.818. The van der Waals surface area contributed by atoms with Crippen LogP contribution in [0, 0.1) is 0 Å². The standard InChI is InChI=1S/C18H23N5O/c1-3-23(4-2)16-9-7-14(8-10-16)21-17(24)13-11-19-18(20-12-13)22-15-5-6-15/h7-12,15H,3-6H2,1-2H3,(H,21,24)(H,19,20,22). The number of nitrogens with zero attached hydrogens (tertiary/aromatic N) is 3. The molecule has 0 saturated heterocycles. The van der Waals surface area contributed by atoms with Gasteiger partial charge in [-0.25, -0.2) is 9.97 Å². The van der Waals surface area contributed by atoms with Crippen LogP contribution in [0.1, 0.15) is 37.0 Å². The van der Waals surface area contributed by atoms with Crippen molar-refractivity contribution < 1.29 is 4.79 Å². The summed E-state index contributed by atoms with van der Waals surface area (Å²) < 4.78 is 0. The molecule has 1 aromatic heterocycles. The summed E-state index contributed by atoms with van der Waals surface area (Å²) in [5, 5.41) is 6.08. The monoisotopic (exact) mass is 325 g/mol. The molecule has 0 unspecified atom stereocenters. The molecule has 0 atom stereocenters. The summed E-state index contributed by atoms with van der Waals surface area (Å²) in [6, 6.07) is 8.35. The number of carbonyl (C=O) groups excluding carboxylic acids is 1. The maximum atomic E-state index is 12.3. The van der Waals surface area contributed by atoms with Crippen LogP contribution in [0.5, 0.6) is 0 Å². The van der Waals surface area contributed by atoms with Crippen molar-refractivity contribution in [1.82, 2.24) is 9.97 Å². The molecule has 0 aliphatic heterocycles. The van der Waals surface area contributed by atoms with Gasteiger partial charge < -0.3 is 15.5 Å². The highest BCUT2D eigenvalue weighted by Gasteiger charge is 2.21. The molecule has 1 fully saturated rings. The van der Waals surface area contributed by atoms with E-state index in [1.807, 2.05) is 24.3 Å². The molecule has 0 radical (unpaired) electrons. The van der Waals surface area contributed by atoms with Crippen LogP contribution in [-0.2, 0) is 0 Å². The molecule has 1 heterocycles. The average molecular weight is 325 g/mol. The molecule has 126 valence electrons. The van der Waals surface area contributed by atoms with E-state index in [0.717, 1.165) is 37.3 Å². The van der Waals surface area contributed by atoms with Gasteiger partial charge in [0.05, 0.1) is 5.56 Å². The Morgan fingerprint density at radius 3 is 2.29 bits per heavy atom. The summed E-state index contributed by atoms with van der Waals surface area (Å²) in [6.45, 7) is 6.17. The van der Waals surface area contributed by atoms with E-state index in [-0.39, 0.29) is 5.91 Å². The summed E-state index contributed by atoms with van der Waals surface area (Å²) in [7, 11) is 0. The van der Waals surface area contributed by atoms with Gasteiger partial charge in [-0.15, -0.1) is 0 Å². The van der Waals surface area contributed by atoms with Gasteiger partial charge in [-0.1, -0.05) is 0 Å². The number of nitrogens with one attached hydrogen (secondary N) is 2. The number of hydrogen-bond donors (Lipinski definition) is 2. The van der Waals surface area contributed by atoms with Gasteiger partial charge in [-0.3, -0.25) is 4.79 Å². The van der Waals surface area contributed by atoms with E-state index >= 15 is 0 Å². The van der Waals surface area contributed by atoms with Crippen molar-refractivity contribution in [3.63, 3.8) is 0 Å². The van der Waals surface area contributed by atoms with Crippen molar-refractivity contribution in [1.29, 1.82) is 0 Å². The molecular weight excluding hydrogens is 302 g/mol. The van der Waals surface area contributed by atoms with Crippen LogP contribution in [0.4, 0.5) is 17.3 Å². The number of aromatic nitrogens is 2. The molecule has 1 saturated carbocycles. The first-order valence-electron chi connectivity index (χ1n) is 8.44. The molecule has 24 heavy (non-hydrogen) atoms. The predicted molar refractivity (Wildman–Crippen MR) is 96.6 cm³/mol. The molecule has 3 rings (SSSR count). The Balaban J connectivity index is 1.61. The van der Waals surface area contributed by atoms with E-state index in [2.05, 4.69) is 39.3 Å². The zero-order chi connectivity index (χ0) is 16.9. The van der Waals surface area contributed by atoms with Gasteiger partial charge in [-0.2, -0.15) is 0 Å². The fourth-order valence-electron chi connectivity index (χ4n) is 2.48. The molecule has 6 nitrogen and oxygen atoms in total. The first kappa shape index (κ1) is 16.2. The van der Waals surface area contributed by atoms with Gasteiger partial charge in [0.15, 0.2) is 0 Å². The number of amides is 1. The zero-order valence-electron chi connectivity index (χ0n) is 14.1. The topological polar surface area (TPSA) is 70.2 Å². The van der Waals surface area contributed by atoms with Crippen molar-refractivity contribution in [3.8, 4) is 0 Å². The van der Waals surface area contributed by atoms with Crippen molar-refractivity contribution in [3.05, 3.63) is 42.2 Å². The molecular formula is C18H23N5O. The van der Waals surface area contributed by atoms with Crippen LogP contribution in [0.25, 0.3) is 0 Å². The summed E-state index contributed by atoms with van der Waals surface area (Å²) in [5.74, 6) is 0.376. The third-order valence-corrected chi connectivity index (χ3v) is 4.08. The van der Waals surface area contributed by atoms with Crippen molar-refractivity contribution in [2.75, 3.05) is 28.6 Å². The van der Waals surface area contributed by atoms with E-state index < -0.39 is 0 Å². The van der Waals surface area contributed by atoms with Crippen LogP contribution in [0.3, 0.4) is 0 Å². The number of rotatable bonds is 7. The van der Waals surface area contributed by atoms with Gasteiger partial charge in [0.2, 0.25) is 5.95 Å². The average Bonchev–Trinajstić information content (AvgIpc) is 3.42. The van der Waals surface area contributed by atoms with E-state index in [9.17, 15) is 4.79 Å². The highest BCUT2D eigenvalue weighted by Crippen LogP contribution is 2.22. The number of hydrogen-bond acceptors (Lipinski definition) is 5. The van der Waals surface area contributed by atoms with Crippen LogP contribution in [-0.4, -0.2) is 35.0 Å². The highest BCUT2D eigenvalue weighted by molar-refractivity contribution is 6.03. The third-order valence-electron chi connectivity index (χ3n) is 4.08. The SMILES string of the molecule is CCN(CC)c1ccc(NC(=O)c2cnc(NC3CC3)nc2)cc1. The minimum absolute atomic E-state index is 0.205. The first-order chi connectivity index (χ1) is 11.7. The molecule has 0 spiro atoms. The Morgan fingerprint density at radius 1 is 1.12 bits per heavy atom. The molecule has 6 heteroatoms. The Hall–Kier alpha value is -2.63. The van der Waals surface area contributed by atoms with Gasteiger partial charge in [0.1, 0.15) is 0 Å². The number of benzene rings is 1. The molecule has 1 aliphatic rings. The van der Waals surface area contributed by atoms with Crippen LogP contribution < -0.4 is 15.5 Å². The van der Waals surface area contributed by atoms with Crippen LogP contribution in [0.2, 0.25) is 0 Å².